The van der Waals surface area contributed by atoms with Crippen LogP contribution in [0.25, 0.3) is 0 Å². The summed E-state index contributed by atoms with van der Waals surface area (Å²) in [5, 5.41) is 0. The molecule has 3 nitrogen and oxygen atoms in total. The average molecular weight is 216 g/mol. The number of amides is 1. The van der Waals surface area contributed by atoms with E-state index in [0.717, 1.165) is 18.6 Å². The molecule has 0 aromatic rings. The van der Waals surface area contributed by atoms with Gasteiger partial charge >= 0.3 is 0 Å². The van der Waals surface area contributed by atoms with Crippen molar-refractivity contribution in [2.75, 3.05) is 11.5 Å². The van der Waals surface area contributed by atoms with Crippen molar-refractivity contribution < 1.29 is 4.79 Å². The van der Waals surface area contributed by atoms with E-state index < -0.39 is 5.54 Å². The number of unbranched alkanes of at least 4 members (excludes halogenated alkanes) is 1. The molecule has 0 spiro atoms. The van der Waals surface area contributed by atoms with Crippen LogP contribution in [0.1, 0.15) is 32.6 Å². The van der Waals surface area contributed by atoms with E-state index in [9.17, 15) is 4.79 Å². The number of hydrogen-bond donors (Lipinski definition) is 2. The summed E-state index contributed by atoms with van der Waals surface area (Å²) < 4.78 is 0. The molecule has 0 bridgehead atoms. The molecule has 0 aliphatic heterocycles. The van der Waals surface area contributed by atoms with Crippen LogP contribution in [0.5, 0.6) is 0 Å². The van der Waals surface area contributed by atoms with Crippen LogP contribution in [0.2, 0.25) is 0 Å². The molecular formula is C10H20N2OS. The van der Waals surface area contributed by atoms with Crippen LogP contribution >= 0.6 is 11.8 Å². The van der Waals surface area contributed by atoms with Gasteiger partial charge in [-0.25, -0.2) is 0 Å². The van der Waals surface area contributed by atoms with E-state index in [1.165, 1.54) is 12.8 Å². The largest absolute Gasteiger partial charge is 0.368 e. The van der Waals surface area contributed by atoms with Crippen molar-refractivity contribution in [3.05, 3.63) is 0 Å². The van der Waals surface area contributed by atoms with Crippen molar-refractivity contribution in [1.29, 1.82) is 0 Å². The number of nitrogens with two attached hydrogens (primary N) is 2. The molecule has 1 atom stereocenters. The summed E-state index contributed by atoms with van der Waals surface area (Å²) in [6.07, 6.45) is 4.50. The number of carbonyl (C=O) groups is 1. The molecule has 1 amide bonds. The van der Waals surface area contributed by atoms with Crippen molar-refractivity contribution >= 4 is 17.7 Å². The van der Waals surface area contributed by atoms with E-state index in [-0.39, 0.29) is 5.91 Å². The monoisotopic (exact) mass is 216 g/mol. The summed E-state index contributed by atoms with van der Waals surface area (Å²) in [5.41, 5.74) is 10.6. The third-order valence-electron chi connectivity index (χ3n) is 2.75. The first-order valence-corrected chi connectivity index (χ1v) is 6.43. The zero-order valence-corrected chi connectivity index (χ0v) is 9.61. The number of carbonyl (C=O) groups excluding carboxylic acids is 1. The Morgan fingerprint density at radius 3 is 2.64 bits per heavy atom. The van der Waals surface area contributed by atoms with Gasteiger partial charge in [0, 0.05) is 5.75 Å². The van der Waals surface area contributed by atoms with Crippen molar-refractivity contribution in [2.45, 2.75) is 38.1 Å². The van der Waals surface area contributed by atoms with Gasteiger partial charge in [0.25, 0.3) is 0 Å². The molecule has 0 aromatic carbocycles. The van der Waals surface area contributed by atoms with Gasteiger partial charge in [-0.15, -0.1) is 0 Å². The van der Waals surface area contributed by atoms with Crippen LogP contribution in [0.15, 0.2) is 0 Å². The summed E-state index contributed by atoms with van der Waals surface area (Å²) in [4.78, 5) is 11.3. The summed E-state index contributed by atoms with van der Waals surface area (Å²) in [7, 11) is 0. The van der Waals surface area contributed by atoms with Crippen LogP contribution < -0.4 is 11.5 Å². The van der Waals surface area contributed by atoms with Crippen molar-refractivity contribution in [2.24, 2.45) is 17.4 Å². The average Bonchev–Trinajstić information content (AvgIpc) is 2.95. The Morgan fingerprint density at radius 1 is 1.57 bits per heavy atom. The molecule has 1 saturated carbocycles. The zero-order chi connectivity index (χ0) is 10.6. The first-order valence-electron chi connectivity index (χ1n) is 5.27. The summed E-state index contributed by atoms with van der Waals surface area (Å²) in [5.74, 6) is 1.78. The Bertz CT molecular complexity index is 206. The van der Waals surface area contributed by atoms with Crippen LogP contribution in [-0.2, 0) is 4.79 Å². The molecule has 0 saturated heterocycles. The van der Waals surface area contributed by atoms with Crippen LogP contribution in [0.4, 0.5) is 0 Å². The molecule has 1 fully saturated rings. The van der Waals surface area contributed by atoms with Crippen LogP contribution in [0.3, 0.4) is 0 Å². The smallest absolute Gasteiger partial charge is 0.238 e. The second-order valence-electron chi connectivity index (χ2n) is 4.09. The molecule has 14 heavy (non-hydrogen) atoms. The van der Waals surface area contributed by atoms with Gasteiger partial charge in [0.15, 0.2) is 0 Å². The van der Waals surface area contributed by atoms with Gasteiger partial charge in [0.1, 0.15) is 5.54 Å². The van der Waals surface area contributed by atoms with E-state index in [1.54, 1.807) is 11.8 Å². The topological polar surface area (TPSA) is 69.1 Å². The third kappa shape index (κ3) is 2.89. The van der Waals surface area contributed by atoms with E-state index in [0.29, 0.717) is 11.7 Å². The molecule has 0 heterocycles. The van der Waals surface area contributed by atoms with Crippen molar-refractivity contribution in [3.63, 3.8) is 0 Å². The Labute approximate surface area is 90.0 Å². The van der Waals surface area contributed by atoms with E-state index in [1.807, 2.05) is 0 Å². The predicted molar refractivity (Wildman–Crippen MR) is 61.1 cm³/mol. The lowest BCUT2D eigenvalue weighted by atomic mass is 9.96. The fourth-order valence-electron chi connectivity index (χ4n) is 1.48. The quantitative estimate of drug-likeness (QED) is 0.626. The Hall–Kier alpha value is -0.220. The first kappa shape index (κ1) is 11.9. The molecule has 1 aliphatic carbocycles. The number of rotatable bonds is 7. The molecule has 1 unspecified atom stereocenters. The SMILES string of the molecule is CCCCSCC(N)(C(N)=O)C1CC1. The summed E-state index contributed by atoms with van der Waals surface area (Å²) in [6, 6.07) is 0. The number of thioether (sulfide) groups is 1. The normalized spacial score (nSPS) is 20.4. The minimum atomic E-state index is -0.738. The van der Waals surface area contributed by atoms with Crippen molar-refractivity contribution in [1.82, 2.24) is 0 Å². The maximum Gasteiger partial charge on any atom is 0.238 e. The van der Waals surface area contributed by atoms with E-state index in [4.69, 9.17) is 11.5 Å². The van der Waals surface area contributed by atoms with Gasteiger partial charge in [0.2, 0.25) is 5.91 Å². The van der Waals surface area contributed by atoms with Gasteiger partial charge in [-0.3, -0.25) is 4.79 Å². The Morgan fingerprint density at radius 2 is 2.21 bits per heavy atom. The van der Waals surface area contributed by atoms with Gasteiger partial charge < -0.3 is 11.5 Å². The molecule has 1 rings (SSSR count). The molecule has 0 radical (unpaired) electrons. The molecule has 1 aliphatic rings. The fraction of sp³-hybridized carbons (Fsp3) is 0.900. The molecule has 0 aromatic heterocycles. The van der Waals surface area contributed by atoms with E-state index >= 15 is 0 Å². The number of primary amides is 1. The highest BCUT2D eigenvalue weighted by atomic mass is 32.2. The lowest BCUT2D eigenvalue weighted by molar-refractivity contribution is -0.123. The van der Waals surface area contributed by atoms with Gasteiger partial charge in [-0.1, -0.05) is 13.3 Å². The summed E-state index contributed by atoms with van der Waals surface area (Å²) in [6.45, 7) is 2.16. The second kappa shape index (κ2) is 5.03. The first-order chi connectivity index (χ1) is 6.61. The second-order valence-corrected chi connectivity index (χ2v) is 5.19. The van der Waals surface area contributed by atoms with E-state index in [2.05, 4.69) is 6.92 Å². The third-order valence-corrected chi connectivity index (χ3v) is 4.01. The highest BCUT2D eigenvalue weighted by Gasteiger charge is 2.46. The molecule has 4 heteroatoms. The van der Waals surface area contributed by atoms with Gasteiger partial charge in [-0.05, 0) is 30.9 Å². The highest BCUT2D eigenvalue weighted by molar-refractivity contribution is 7.99. The van der Waals surface area contributed by atoms with Crippen LogP contribution in [-0.4, -0.2) is 23.0 Å². The Kier molecular flexibility index (Phi) is 4.26. The molecular weight excluding hydrogens is 196 g/mol. The Balaban J connectivity index is 2.32. The standard InChI is InChI=1S/C10H20N2OS/c1-2-3-6-14-7-10(12,9(11)13)8-4-5-8/h8H,2-7,12H2,1H3,(H2,11,13). The van der Waals surface area contributed by atoms with Crippen LogP contribution in [0, 0.1) is 5.92 Å². The highest BCUT2D eigenvalue weighted by Crippen LogP contribution is 2.39. The maximum atomic E-state index is 11.3. The molecule has 82 valence electrons. The summed E-state index contributed by atoms with van der Waals surface area (Å²) >= 11 is 1.76. The molecule has 4 N–H and O–H groups in total. The van der Waals surface area contributed by atoms with Crippen molar-refractivity contribution in [3.8, 4) is 0 Å². The predicted octanol–water partition coefficient (Wildman–Crippen LogP) is 1.11. The lowest BCUT2D eigenvalue weighted by Crippen LogP contribution is -2.56. The fourth-order valence-corrected chi connectivity index (χ4v) is 2.83. The minimum Gasteiger partial charge on any atom is -0.368 e. The number of hydrogen-bond acceptors (Lipinski definition) is 3. The minimum absolute atomic E-state index is 0.330. The zero-order valence-electron chi connectivity index (χ0n) is 8.79. The van der Waals surface area contributed by atoms with Gasteiger partial charge in [-0.2, -0.15) is 11.8 Å². The lowest BCUT2D eigenvalue weighted by Gasteiger charge is -2.25. The maximum absolute atomic E-state index is 11.3. The van der Waals surface area contributed by atoms with Gasteiger partial charge in [0.05, 0.1) is 0 Å².